The maximum absolute atomic E-state index is 4.37. The van der Waals surface area contributed by atoms with Gasteiger partial charge in [-0.3, -0.25) is 14.5 Å². The molecule has 2 unspecified atom stereocenters. The van der Waals surface area contributed by atoms with Crippen molar-refractivity contribution in [2.75, 3.05) is 39.3 Å². The average Bonchev–Trinajstić information content (AvgIpc) is 2.77. The Morgan fingerprint density at radius 1 is 1.42 bits per heavy atom. The highest BCUT2D eigenvalue weighted by molar-refractivity contribution is 9.10. The third kappa shape index (κ3) is 2.46. The predicted molar refractivity (Wildman–Crippen MR) is 79.1 cm³/mol. The molecule has 0 amide bonds. The lowest BCUT2D eigenvalue weighted by Gasteiger charge is -2.50. The van der Waals surface area contributed by atoms with Gasteiger partial charge < -0.3 is 5.32 Å². The topological polar surface area (TPSA) is 36.3 Å². The molecule has 106 valence electrons. The molecule has 3 saturated heterocycles. The van der Waals surface area contributed by atoms with Gasteiger partial charge in [-0.15, -0.1) is 0 Å². The van der Waals surface area contributed by atoms with Crippen molar-refractivity contribution in [1.82, 2.24) is 24.9 Å². The Morgan fingerprint density at radius 2 is 2.16 bits per heavy atom. The first-order valence-corrected chi connectivity index (χ1v) is 7.87. The van der Waals surface area contributed by atoms with E-state index in [4.69, 9.17) is 0 Å². The van der Waals surface area contributed by atoms with Crippen molar-refractivity contribution in [3.8, 4) is 0 Å². The average molecular weight is 328 g/mol. The molecule has 0 saturated carbocycles. The molecule has 0 spiro atoms. The second kappa shape index (κ2) is 5.52. The van der Waals surface area contributed by atoms with Crippen molar-refractivity contribution in [2.24, 2.45) is 7.05 Å². The summed E-state index contributed by atoms with van der Waals surface area (Å²) in [6.07, 6.45) is 1.90. The molecule has 4 rings (SSSR count). The third-order valence-electron chi connectivity index (χ3n) is 4.36. The van der Waals surface area contributed by atoms with E-state index in [0.29, 0.717) is 12.1 Å². The van der Waals surface area contributed by atoms with Crippen molar-refractivity contribution in [2.45, 2.75) is 19.0 Å². The first-order valence-electron chi connectivity index (χ1n) is 7.08. The number of likely N-dealkylation sites (N-methyl/N-ethyl adjacent to an activating group) is 1. The highest BCUT2D eigenvalue weighted by Crippen LogP contribution is 2.31. The van der Waals surface area contributed by atoms with Gasteiger partial charge in [-0.2, -0.15) is 5.10 Å². The van der Waals surface area contributed by atoms with Crippen molar-refractivity contribution in [3.05, 3.63) is 16.4 Å². The first kappa shape index (κ1) is 13.5. The summed E-state index contributed by atoms with van der Waals surface area (Å²) >= 11 is 3.65. The second-order valence-electron chi connectivity index (χ2n) is 5.44. The van der Waals surface area contributed by atoms with Crippen molar-refractivity contribution in [1.29, 1.82) is 0 Å². The molecule has 5 nitrogen and oxygen atoms in total. The van der Waals surface area contributed by atoms with Crippen molar-refractivity contribution >= 4 is 15.9 Å². The number of rotatable bonds is 4. The maximum atomic E-state index is 4.37. The van der Waals surface area contributed by atoms with Gasteiger partial charge in [0.05, 0.1) is 22.4 Å². The fraction of sp³-hybridized carbons (Fsp3) is 0.769. The molecular weight excluding hydrogens is 306 g/mol. The molecule has 1 aromatic rings. The Labute approximate surface area is 123 Å². The minimum atomic E-state index is 0.343. The predicted octanol–water partition coefficient (Wildman–Crippen LogP) is 0.833. The van der Waals surface area contributed by atoms with Crippen molar-refractivity contribution < 1.29 is 0 Å². The fourth-order valence-electron chi connectivity index (χ4n) is 3.38. The largest absolute Gasteiger partial charge is 0.308 e. The van der Waals surface area contributed by atoms with Crippen LogP contribution in [0.2, 0.25) is 0 Å². The summed E-state index contributed by atoms with van der Waals surface area (Å²) in [5.41, 5.74) is 1.26. The lowest BCUT2D eigenvalue weighted by Crippen LogP contribution is -2.64. The van der Waals surface area contributed by atoms with E-state index in [-0.39, 0.29) is 0 Å². The Balaban J connectivity index is 1.89. The molecule has 3 aliphatic heterocycles. The van der Waals surface area contributed by atoms with E-state index in [0.717, 1.165) is 17.6 Å². The van der Waals surface area contributed by atoms with Gasteiger partial charge in [0, 0.05) is 45.8 Å². The van der Waals surface area contributed by atoms with Crippen LogP contribution < -0.4 is 5.32 Å². The van der Waals surface area contributed by atoms with Gasteiger partial charge in [0.2, 0.25) is 0 Å². The Kier molecular flexibility index (Phi) is 3.93. The van der Waals surface area contributed by atoms with E-state index >= 15 is 0 Å². The second-order valence-corrected chi connectivity index (χ2v) is 6.29. The van der Waals surface area contributed by atoms with Gasteiger partial charge in [0.25, 0.3) is 0 Å². The third-order valence-corrected chi connectivity index (χ3v) is 4.97. The molecule has 2 bridgehead atoms. The lowest BCUT2D eigenvalue weighted by molar-refractivity contribution is -0.00471. The number of nitrogens with zero attached hydrogens (tertiary/aromatic N) is 4. The molecule has 3 aliphatic rings. The number of nitrogens with one attached hydrogen (secondary N) is 1. The molecule has 3 fully saturated rings. The molecule has 0 aliphatic carbocycles. The number of aryl methyl sites for hydroxylation is 1. The van der Waals surface area contributed by atoms with Gasteiger partial charge in [-0.25, -0.2) is 0 Å². The number of hydrogen-bond acceptors (Lipinski definition) is 4. The summed E-state index contributed by atoms with van der Waals surface area (Å²) in [6, 6.07) is 0.893. The smallest absolute Gasteiger partial charge is 0.0708 e. The molecule has 1 aromatic heterocycles. The van der Waals surface area contributed by atoms with Crippen LogP contribution in [0.15, 0.2) is 10.7 Å². The summed E-state index contributed by atoms with van der Waals surface area (Å²) < 4.78 is 3.11. The van der Waals surface area contributed by atoms with Crippen LogP contribution in [0.4, 0.5) is 0 Å². The summed E-state index contributed by atoms with van der Waals surface area (Å²) in [4.78, 5) is 5.21. The number of aromatic nitrogens is 2. The molecule has 2 atom stereocenters. The number of halogens is 1. The van der Waals surface area contributed by atoms with Crippen molar-refractivity contribution in [3.63, 3.8) is 0 Å². The molecule has 1 N–H and O–H groups in total. The Bertz CT molecular complexity index is 419. The highest BCUT2D eigenvalue weighted by Gasteiger charge is 2.38. The standard InChI is InChI=1S/C13H22BrN5/c1-3-15-12(13-10(14)8-16-17(13)2)11-9-18-4-6-19(11)7-5-18/h8,11-12,15H,3-7,9H2,1-2H3. The van der Waals surface area contributed by atoms with Crippen LogP contribution >= 0.6 is 15.9 Å². The van der Waals surface area contributed by atoms with Crippen LogP contribution in [0.5, 0.6) is 0 Å². The zero-order valence-electron chi connectivity index (χ0n) is 11.6. The minimum absolute atomic E-state index is 0.343. The van der Waals surface area contributed by atoms with Crippen LogP contribution in [0.25, 0.3) is 0 Å². The van der Waals surface area contributed by atoms with Gasteiger partial charge in [-0.05, 0) is 22.5 Å². The Morgan fingerprint density at radius 3 is 2.63 bits per heavy atom. The minimum Gasteiger partial charge on any atom is -0.308 e. The molecule has 19 heavy (non-hydrogen) atoms. The fourth-order valence-corrected chi connectivity index (χ4v) is 3.97. The Hall–Kier alpha value is -0.430. The highest BCUT2D eigenvalue weighted by atomic mass is 79.9. The van der Waals surface area contributed by atoms with E-state index in [2.05, 4.69) is 43.1 Å². The molecule has 0 aromatic carbocycles. The van der Waals surface area contributed by atoms with Gasteiger partial charge in [0.15, 0.2) is 0 Å². The summed E-state index contributed by atoms with van der Waals surface area (Å²) in [6.45, 7) is 9.16. The van der Waals surface area contributed by atoms with E-state index in [9.17, 15) is 0 Å². The van der Waals surface area contributed by atoms with E-state index < -0.39 is 0 Å². The SMILES string of the molecule is CCNC(c1c(Br)cnn1C)C1CN2CCN1CC2. The van der Waals surface area contributed by atoms with E-state index in [1.165, 1.54) is 31.9 Å². The molecule has 6 heteroatoms. The molecular formula is C13H22BrN5. The number of fused-ring (bicyclic) bond motifs is 3. The van der Waals surface area contributed by atoms with Crippen LogP contribution in [0.3, 0.4) is 0 Å². The zero-order chi connectivity index (χ0) is 13.4. The maximum Gasteiger partial charge on any atom is 0.0708 e. The first-order chi connectivity index (χ1) is 9.20. The zero-order valence-corrected chi connectivity index (χ0v) is 13.2. The summed E-state index contributed by atoms with van der Waals surface area (Å²) in [5.74, 6) is 0. The lowest BCUT2D eigenvalue weighted by atomic mass is 9.97. The monoisotopic (exact) mass is 327 g/mol. The number of hydrogen-bond donors (Lipinski definition) is 1. The van der Waals surface area contributed by atoms with Gasteiger partial charge in [-0.1, -0.05) is 6.92 Å². The quantitative estimate of drug-likeness (QED) is 0.888. The van der Waals surface area contributed by atoms with Gasteiger partial charge >= 0.3 is 0 Å². The summed E-state index contributed by atoms with van der Waals surface area (Å²) in [7, 11) is 2.03. The summed E-state index contributed by atoms with van der Waals surface area (Å²) in [5, 5.41) is 8.04. The number of piperazine rings is 3. The van der Waals surface area contributed by atoms with Crippen LogP contribution in [-0.2, 0) is 7.05 Å². The van der Waals surface area contributed by atoms with Crippen LogP contribution in [0, 0.1) is 0 Å². The van der Waals surface area contributed by atoms with Gasteiger partial charge in [0.1, 0.15) is 0 Å². The molecule has 4 heterocycles. The van der Waals surface area contributed by atoms with E-state index in [1.807, 2.05) is 17.9 Å². The van der Waals surface area contributed by atoms with Crippen LogP contribution in [0.1, 0.15) is 18.7 Å². The van der Waals surface area contributed by atoms with E-state index in [1.54, 1.807) is 0 Å². The normalized spacial score (nSPS) is 31.6. The van der Waals surface area contributed by atoms with Crippen LogP contribution in [-0.4, -0.2) is 64.9 Å². The molecule has 0 radical (unpaired) electrons.